The lowest BCUT2D eigenvalue weighted by molar-refractivity contribution is -0.126. The number of methoxy groups -OCH3 is 2. The van der Waals surface area contributed by atoms with Gasteiger partial charge in [-0.15, -0.1) is 11.8 Å². The van der Waals surface area contributed by atoms with Crippen molar-refractivity contribution in [2.75, 3.05) is 26.5 Å². The minimum absolute atomic E-state index is 0.0279. The Hall–Kier alpha value is -2.11. The summed E-state index contributed by atoms with van der Waals surface area (Å²) in [6.45, 7) is 0.694. The van der Waals surface area contributed by atoms with E-state index in [1.165, 1.54) is 0 Å². The molecule has 2 aromatic rings. The van der Waals surface area contributed by atoms with E-state index in [-0.39, 0.29) is 11.3 Å². The van der Waals surface area contributed by atoms with Crippen molar-refractivity contribution in [2.24, 2.45) is 0 Å². The van der Waals surface area contributed by atoms with Gasteiger partial charge in [0.25, 0.3) is 0 Å². The van der Waals surface area contributed by atoms with Crippen LogP contribution in [-0.2, 0) is 4.79 Å². The fraction of sp³-hybridized carbons (Fsp3) is 0.250. The summed E-state index contributed by atoms with van der Waals surface area (Å²) >= 11 is 7.62. The predicted molar refractivity (Wildman–Crippen MR) is 107 cm³/mol. The molecule has 1 aliphatic heterocycles. The van der Waals surface area contributed by atoms with Gasteiger partial charge in [0.15, 0.2) is 0 Å². The molecule has 1 saturated heterocycles. The molecule has 0 saturated carbocycles. The second kappa shape index (κ2) is 8.52. The van der Waals surface area contributed by atoms with E-state index in [0.29, 0.717) is 11.6 Å². The fourth-order valence-corrected chi connectivity index (χ4v) is 4.23. The molecule has 1 unspecified atom stereocenters. The number of carbonyl (C=O) groups excluding carboxylic acids is 1. The number of thioether (sulfide) groups is 1. The number of ether oxygens (including phenoxy) is 2. The van der Waals surface area contributed by atoms with Gasteiger partial charge in [-0.2, -0.15) is 0 Å². The van der Waals surface area contributed by atoms with Crippen LogP contribution in [0, 0.1) is 0 Å². The van der Waals surface area contributed by atoms with Crippen molar-refractivity contribution in [1.82, 2.24) is 4.90 Å². The molecule has 2 aromatic carbocycles. The average Bonchev–Trinajstić information content (AvgIpc) is 3.16. The van der Waals surface area contributed by atoms with Crippen molar-refractivity contribution in [3.05, 3.63) is 64.7 Å². The summed E-state index contributed by atoms with van der Waals surface area (Å²) in [5.74, 6) is 2.35. The first-order valence-electron chi connectivity index (χ1n) is 8.20. The number of carbonyl (C=O) groups is 1. The smallest absolute Gasteiger partial charge is 0.247 e. The van der Waals surface area contributed by atoms with E-state index in [1.54, 1.807) is 44.2 Å². The molecule has 3 rings (SSSR count). The average molecular weight is 390 g/mol. The Balaban J connectivity index is 1.81. The summed E-state index contributed by atoms with van der Waals surface area (Å²) in [6, 6.07) is 13.0. The van der Waals surface area contributed by atoms with E-state index < -0.39 is 0 Å². The van der Waals surface area contributed by atoms with Gasteiger partial charge in [0.05, 0.1) is 14.2 Å². The third-order valence-electron chi connectivity index (χ3n) is 4.17. The Kier molecular flexibility index (Phi) is 6.12. The number of hydrogen-bond donors (Lipinski definition) is 0. The van der Waals surface area contributed by atoms with E-state index in [9.17, 15) is 4.79 Å². The molecule has 1 atom stereocenters. The van der Waals surface area contributed by atoms with E-state index in [4.69, 9.17) is 21.1 Å². The monoisotopic (exact) mass is 389 g/mol. The first-order valence-corrected chi connectivity index (χ1v) is 9.63. The molecule has 1 fully saturated rings. The van der Waals surface area contributed by atoms with Crippen molar-refractivity contribution >= 4 is 35.3 Å². The number of halogens is 1. The molecule has 0 radical (unpaired) electrons. The van der Waals surface area contributed by atoms with Crippen molar-refractivity contribution in [1.29, 1.82) is 0 Å². The lowest BCUT2D eigenvalue weighted by Crippen LogP contribution is -2.29. The number of hydrogen-bond acceptors (Lipinski definition) is 4. The maximum atomic E-state index is 12.8. The summed E-state index contributed by atoms with van der Waals surface area (Å²) in [5, 5.41) is 0.581. The second-order valence-electron chi connectivity index (χ2n) is 5.75. The van der Waals surface area contributed by atoms with Crippen LogP contribution in [0.2, 0.25) is 5.02 Å². The Morgan fingerprint density at radius 3 is 2.65 bits per heavy atom. The van der Waals surface area contributed by atoms with Gasteiger partial charge >= 0.3 is 0 Å². The summed E-state index contributed by atoms with van der Waals surface area (Å²) < 4.78 is 10.8. The standard InChI is InChI=1S/C20H20ClNO3S/c1-24-16-8-9-18(25-2)17(13-16)20-22(11-12-26-20)19(23)10-5-14-3-6-15(21)7-4-14/h3-10,13,20H,11-12H2,1-2H3/b10-5+. The molecular weight excluding hydrogens is 370 g/mol. The maximum Gasteiger partial charge on any atom is 0.247 e. The molecule has 0 aliphatic carbocycles. The number of nitrogens with zero attached hydrogens (tertiary/aromatic N) is 1. The molecule has 6 heteroatoms. The van der Waals surface area contributed by atoms with Crippen molar-refractivity contribution < 1.29 is 14.3 Å². The lowest BCUT2D eigenvalue weighted by atomic mass is 10.1. The number of benzene rings is 2. The highest BCUT2D eigenvalue weighted by Gasteiger charge is 2.31. The van der Waals surface area contributed by atoms with Gasteiger partial charge in [0.1, 0.15) is 16.9 Å². The zero-order valence-electron chi connectivity index (χ0n) is 14.6. The topological polar surface area (TPSA) is 38.8 Å². The Morgan fingerprint density at radius 2 is 1.96 bits per heavy atom. The van der Waals surface area contributed by atoms with Crippen LogP contribution in [0.5, 0.6) is 11.5 Å². The SMILES string of the molecule is COc1ccc(OC)c(C2SCCN2C(=O)/C=C/c2ccc(Cl)cc2)c1. The Bertz CT molecular complexity index is 807. The van der Waals surface area contributed by atoms with Crippen molar-refractivity contribution in [3.63, 3.8) is 0 Å². The van der Waals surface area contributed by atoms with Crippen LogP contribution in [0.1, 0.15) is 16.5 Å². The van der Waals surface area contributed by atoms with Gasteiger partial charge in [-0.25, -0.2) is 0 Å². The van der Waals surface area contributed by atoms with Gasteiger partial charge in [-0.1, -0.05) is 23.7 Å². The van der Waals surface area contributed by atoms with Crippen LogP contribution in [0.4, 0.5) is 0 Å². The van der Waals surface area contributed by atoms with Gasteiger partial charge in [0.2, 0.25) is 5.91 Å². The molecule has 1 amide bonds. The third-order valence-corrected chi connectivity index (χ3v) is 5.66. The largest absolute Gasteiger partial charge is 0.497 e. The van der Waals surface area contributed by atoms with Crippen LogP contribution in [0.15, 0.2) is 48.5 Å². The molecule has 0 spiro atoms. The number of rotatable bonds is 5. The van der Waals surface area contributed by atoms with E-state index >= 15 is 0 Å². The van der Waals surface area contributed by atoms with Crippen LogP contribution in [-0.4, -0.2) is 37.3 Å². The molecule has 0 aromatic heterocycles. The highest BCUT2D eigenvalue weighted by Crippen LogP contribution is 2.43. The van der Waals surface area contributed by atoms with E-state index in [0.717, 1.165) is 28.4 Å². The molecule has 26 heavy (non-hydrogen) atoms. The molecule has 4 nitrogen and oxygen atoms in total. The molecule has 1 heterocycles. The van der Waals surface area contributed by atoms with Crippen LogP contribution in [0.25, 0.3) is 6.08 Å². The minimum Gasteiger partial charge on any atom is -0.497 e. The van der Waals surface area contributed by atoms with Crippen molar-refractivity contribution in [2.45, 2.75) is 5.37 Å². The molecule has 0 N–H and O–H groups in total. The minimum atomic E-state index is -0.0950. The zero-order chi connectivity index (χ0) is 18.5. The summed E-state index contributed by atoms with van der Waals surface area (Å²) in [7, 11) is 3.27. The molecule has 1 aliphatic rings. The van der Waals surface area contributed by atoms with E-state index in [2.05, 4.69) is 0 Å². The summed E-state index contributed by atoms with van der Waals surface area (Å²) in [5.41, 5.74) is 1.88. The predicted octanol–water partition coefficient (Wildman–Crippen LogP) is 4.64. The normalized spacial score (nSPS) is 16.9. The maximum absolute atomic E-state index is 12.8. The summed E-state index contributed by atoms with van der Waals surface area (Å²) in [4.78, 5) is 14.6. The second-order valence-corrected chi connectivity index (χ2v) is 7.37. The van der Waals surface area contributed by atoms with E-state index in [1.807, 2.05) is 41.3 Å². The van der Waals surface area contributed by atoms with Gasteiger partial charge in [-0.05, 0) is 42.0 Å². The van der Waals surface area contributed by atoms with Gasteiger partial charge in [-0.3, -0.25) is 4.79 Å². The highest BCUT2D eigenvalue weighted by atomic mass is 35.5. The van der Waals surface area contributed by atoms with Crippen LogP contribution >= 0.6 is 23.4 Å². The zero-order valence-corrected chi connectivity index (χ0v) is 16.2. The van der Waals surface area contributed by atoms with Gasteiger partial charge in [0, 0.05) is 29.0 Å². The van der Waals surface area contributed by atoms with Gasteiger partial charge < -0.3 is 14.4 Å². The first-order chi connectivity index (χ1) is 12.6. The molecular formula is C20H20ClNO3S. The number of amides is 1. The quantitative estimate of drug-likeness (QED) is 0.698. The fourth-order valence-electron chi connectivity index (χ4n) is 2.82. The van der Waals surface area contributed by atoms with Crippen molar-refractivity contribution in [3.8, 4) is 11.5 Å². The molecule has 0 bridgehead atoms. The lowest BCUT2D eigenvalue weighted by Gasteiger charge is -2.24. The highest BCUT2D eigenvalue weighted by molar-refractivity contribution is 7.99. The van der Waals surface area contributed by atoms with Crippen LogP contribution < -0.4 is 9.47 Å². The Morgan fingerprint density at radius 1 is 1.19 bits per heavy atom. The van der Waals surface area contributed by atoms with Crippen LogP contribution in [0.3, 0.4) is 0 Å². The first kappa shape index (κ1) is 18.7. The summed E-state index contributed by atoms with van der Waals surface area (Å²) in [6.07, 6.45) is 3.41. The molecule has 136 valence electrons. The third kappa shape index (κ3) is 4.17. The Labute approximate surface area is 162 Å².